The van der Waals surface area contributed by atoms with E-state index in [1.54, 1.807) is 0 Å². The fourth-order valence-corrected chi connectivity index (χ4v) is 2.54. The summed E-state index contributed by atoms with van der Waals surface area (Å²) >= 11 is 0. The highest BCUT2D eigenvalue weighted by Crippen LogP contribution is 2.49. The van der Waals surface area contributed by atoms with Crippen molar-refractivity contribution in [2.24, 2.45) is 0 Å². The summed E-state index contributed by atoms with van der Waals surface area (Å²) in [7, 11) is 0. The number of carbonyl (C=O) groups excluding carboxylic acids is 2. The largest absolute Gasteiger partial charge is 0.455 e. The molecular formula is C18H15F2NO3. The average Bonchev–Trinajstić information content (AvgIpc) is 3.39. The summed E-state index contributed by atoms with van der Waals surface area (Å²) in [5.74, 6) is -2.65. The van der Waals surface area contributed by atoms with Crippen LogP contribution in [-0.4, -0.2) is 18.5 Å². The Bertz CT molecular complexity index is 773. The fraction of sp³-hybridized carbons (Fsp3) is 0.222. The Kier molecular flexibility index (Phi) is 4.29. The lowest BCUT2D eigenvalue weighted by atomic mass is 9.96. The Hall–Kier alpha value is -2.76. The zero-order chi connectivity index (χ0) is 17.2. The Morgan fingerprint density at radius 1 is 1.08 bits per heavy atom. The molecule has 0 unspecified atom stereocenters. The highest BCUT2D eigenvalue weighted by molar-refractivity contribution is 5.94. The average molecular weight is 331 g/mol. The third kappa shape index (κ3) is 3.27. The zero-order valence-corrected chi connectivity index (χ0v) is 12.7. The van der Waals surface area contributed by atoms with Crippen molar-refractivity contribution in [1.82, 2.24) is 0 Å². The number of hydrogen-bond donors (Lipinski definition) is 1. The van der Waals surface area contributed by atoms with Crippen LogP contribution in [0.3, 0.4) is 0 Å². The van der Waals surface area contributed by atoms with Crippen molar-refractivity contribution in [3.63, 3.8) is 0 Å². The van der Waals surface area contributed by atoms with E-state index in [2.05, 4.69) is 5.32 Å². The van der Waals surface area contributed by atoms with Crippen LogP contribution >= 0.6 is 0 Å². The molecule has 2 aromatic carbocycles. The smallest absolute Gasteiger partial charge is 0.317 e. The van der Waals surface area contributed by atoms with Gasteiger partial charge in [-0.3, -0.25) is 9.59 Å². The van der Waals surface area contributed by atoms with Crippen LogP contribution in [0.5, 0.6) is 0 Å². The number of halogens is 2. The van der Waals surface area contributed by atoms with E-state index in [4.69, 9.17) is 4.74 Å². The van der Waals surface area contributed by atoms with Gasteiger partial charge in [0.2, 0.25) is 0 Å². The van der Waals surface area contributed by atoms with E-state index in [-0.39, 0.29) is 5.69 Å². The molecule has 0 bridgehead atoms. The second kappa shape index (κ2) is 6.39. The van der Waals surface area contributed by atoms with Crippen LogP contribution < -0.4 is 5.32 Å². The van der Waals surface area contributed by atoms with Crippen molar-refractivity contribution >= 4 is 17.6 Å². The summed E-state index contributed by atoms with van der Waals surface area (Å²) < 4.78 is 31.6. The van der Waals surface area contributed by atoms with Gasteiger partial charge < -0.3 is 10.1 Å². The first kappa shape index (κ1) is 16.1. The number of amides is 1. The van der Waals surface area contributed by atoms with Gasteiger partial charge in [-0.1, -0.05) is 30.3 Å². The maximum atomic E-state index is 13.5. The molecule has 2 aromatic rings. The zero-order valence-electron chi connectivity index (χ0n) is 12.7. The molecule has 3 rings (SSSR count). The molecule has 0 radical (unpaired) electrons. The standard InChI is InChI=1S/C18H15F2NO3/c19-13-6-7-14(20)15(10-13)21-16(22)11-24-17(23)18(8-9-18)12-4-2-1-3-5-12/h1-7,10H,8-9,11H2,(H,21,22). The normalized spacial score (nSPS) is 14.8. The van der Waals surface area contributed by atoms with Gasteiger partial charge >= 0.3 is 5.97 Å². The number of esters is 1. The van der Waals surface area contributed by atoms with Crippen molar-refractivity contribution in [2.75, 3.05) is 11.9 Å². The van der Waals surface area contributed by atoms with E-state index >= 15 is 0 Å². The lowest BCUT2D eigenvalue weighted by Gasteiger charge is -2.14. The second-order valence-corrected chi connectivity index (χ2v) is 5.70. The molecule has 1 N–H and O–H groups in total. The number of anilines is 1. The summed E-state index contributed by atoms with van der Waals surface area (Å²) in [6.07, 6.45) is 1.33. The van der Waals surface area contributed by atoms with E-state index in [9.17, 15) is 18.4 Å². The monoisotopic (exact) mass is 331 g/mol. The minimum Gasteiger partial charge on any atom is -0.455 e. The third-order valence-electron chi connectivity index (χ3n) is 4.00. The topological polar surface area (TPSA) is 55.4 Å². The first-order valence-corrected chi connectivity index (χ1v) is 7.49. The van der Waals surface area contributed by atoms with Gasteiger partial charge in [0.15, 0.2) is 6.61 Å². The van der Waals surface area contributed by atoms with Crippen LogP contribution in [0.2, 0.25) is 0 Å². The molecule has 0 aromatic heterocycles. The second-order valence-electron chi connectivity index (χ2n) is 5.70. The van der Waals surface area contributed by atoms with E-state index in [0.29, 0.717) is 12.8 Å². The number of hydrogen-bond acceptors (Lipinski definition) is 3. The molecule has 1 saturated carbocycles. The molecule has 24 heavy (non-hydrogen) atoms. The minimum atomic E-state index is -0.765. The van der Waals surface area contributed by atoms with Gasteiger partial charge in [-0.25, -0.2) is 8.78 Å². The van der Waals surface area contributed by atoms with Gasteiger partial charge in [0.05, 0.1) is 11.1 Å². The summed E-state index contributed by atoms with van der Waals surface area (Å²) in [4.78, 5) is 24.1. The molecule has 1 aliphatic rings. The number of benzene rings is 2. The van der Waals surface area contributed by atoms with Gasteiger partial charge in [0.1, 0.15) is 11.6 Å². The van der Waals surface area contributed by atoms with Crippen molar-refractivity contribution in [3.05, 3.63) is 65.7 Å². The maximum Gasteiger partial charge on any atom is 0.317 e. The number of ether oxygens (including phenoxy) is 1. The maximum absolute atomic E-state index is 13.5. The van der Waals surface area contributed by atoms with Gasteiger partial charge in [0, 0.05) is 6.07 Å². The van der Waals surface area contributed by atoms with Gasteiger partial charge in [-0.05, 0) is 30.5 Å². The molecule has 0 atom stereocenters. The van der Waals surface area contributed by atoms with Crippen LogP contribution in [0, 0.1) is 11.6 Å². The van der Waals surface area contributed by atoms with Gasteiger partial charge in [0.25, 0.3) is 5.91 Å². The number of carbonyl (C=O) groups is 2. The van der Waals surface area contributed by atoms with Crippen LogP contribution in [0.15, 0.2) is 48.5 Å². The first-order chi connectivity index (χ1) is 11.5. The molecule has 124 valence electrons. The SMILES string of the molecule is O=C(COC(=O)C1(c2ccccc2)CC1)Nc1cc(F)ccc1F. The molecule has 1 fully saturated rings. The van der Waals surface area contributed by atoms with E-state index in [0.717, 1.165) is 23.8 Å². The predicted octanol–water partition coefficient (Wildman–Crippen LogP) is 3.18. The van der Waals surface area contributed by atoms with E-state index in [1.807, 2.05) is 30.3 Å². The fourth-order valence-electron chi connectivity index (χ4n) is 2.54. The minimum absolute atomic E-state index is 0.291. The molecule has 0 aliphatic heterocycles. The highest BCUT2D eigenvalue weighted by atomic mass is 19.1. The molecule has 1 amide bonds. The van der Waals surface area contributed by atoms with Crippen molar-refractivity contribution in [1.29, 1.82) is 0 Å². The quantitative estimate of drug-likeness (QED) is 0.856. The van der Waals surface area contributed by atoms with Crippen LogP contribution in [-0.2, 0) is 19.7 Å². The van der Waals surface area contributed by atoms with Crippen molar-refractivity contribution in [3.8, 4) is 0 Å². The molecule has 0 spiro atoms. The molecule has 0 saturated heterocycles. The molecule has 4 nitrogen and oxygen atoms in total. The summed E-state index contributed by atoms with van der Waals surface area (Å²) in [6, 6.07) is 11.9. The molecular weight excluding hydrogens is 316 g/mol. The van der Waals surface area contributed by atoms with Gasteiger partial charge in [-0.15, -0.1) is 0 Å². The molecule has 1 aliphatic carbocycles. The highest BCUT2D eigenvalue weighted by Gasteiger charge is 2.52. The van der Waals surface area contributed by atoms with E-state index < -0.39 is 35.5 Å². The lowest BCUT2D eigenvalue weighted by molar-refractivity contribution is -0.150. The van der Waals surface area contributed by atoms with Crippen LogP contribution in [0.25, 0.3) is 0 Å². The molecule has 6 heteroatoms. The number of rotatable bonds is 5. The third-order valence-corrected chi connectivity index (χ3v) is 4.00. The Morgan fingerprint density at radius 2 is 1.79 bits per heavy atom. The number of nitrogens with one attached hydrogen (secondary N) is 1. The first-order valence-electron chi connectivity index (χ1n) is 7.49. The van der Waals surface area contributed by atoms with Crippen molar-refractivity contribution < 1.29 is 23.1 Å². The van der Waals surface area contributed by atoms with Crippen LogP contribution in [0.1, 0.15) is 18.4 Å². The Balaban J connectivity index is 1.59. The van der Waals surface area contributed by atoms with Gasteiger partial charge in [-0.2, -0.15) is 0 Å². The lowest BCUT2D eigenvalue weighted by Crippen LogP contribution is -2.28. The van der Waals surface area contributed by atoms with E-state index in [1.165, 1.54) is 0 Å². The summed E-state index contributed by atoms with van der Waals surface area (Å²) in [6.45, 7) is -0.552. The van der Waals surface area contributed by atoms with Crippen molar-refractivity contribution in [2.45, 2.75) is 18.3 Å². The summed E-state index contributed by atoms with van der Waals surface area (Å²) in [5.41, 5.74) is -0.127. The van der Waals surface area contributed by atoms with Crippen LogP contribution in [0.4, 0.5) is 14.5 Å². The Morgan fingerprint density at radius 3 is 2.46 bits per heavy atom. The summed E-state index contributed by atoms with van der Waals surface area (Å²) in [5, 5.41) is 2.19. The predicted molar refractivity (Wildman–Crippen MR) is 83.3 cm³/mol. The Labute approximate surface area is 137 Å². The molecule has 0 heterocycles.